The Morgan fingerprint density at radius 3 is 1.78 bits per heavy atom. The zero-order valence-corrected chi connectivity index (χ0v) is 22.5. The Hall–Kier alpha value is -3.14. The minimum atomic E-state index is -2.17. The fourth-order valence-corrected chi connectivity index (χ4v) is 3.01. The van der Waals surface area contributed by atoms with Crippen LogP contribution in [0.3, 0.4) is 0 Å². The van der Waals surface area contributed by atoms with Gasteiger partial charge in [0.25, 0.3) is 5.72 Å². The van der Waals surface area contributed by atoms with Crippen LogP contribution in [0, 0.1) is 23.7 Å². The molecular formula is C26H39NO9. The average Bonchev–Trinajstić information content (AvgIpc) is 2.78. The van der Waals surface area contributed by atoms with Crippen LogP contribution in [0.5, 0.6) is 11.5 Å². The fraction of sp³-hybridized carbons (Fsp3) is 0.615. The van der Waals surface area contributed by atoms with E-state index in [-0.39, 0.29) is 35.8 Å². The molecule has 2 N–H and O–H groups in total. The molecule has 10 nitrogen and oxygen atoms in total. The number of hydrogen-bond acceptors (Lipinski definition) is 9. The minimum Gasteiger partial charge on any atom is -0.477 e. The molecule has 2 unspecified atom stereocenters. The second kappa shape index (κ2) is 13.2. The van der Waals surface area contributed by atoms with Gasteiger partial charge in [0, 0.05) is 12.5 Å². The number of carbonyl (C=O) groups excluding carboxylic acids is 3. The van der Waals surface area contributed by atoms with E-state index in [9.17, 15) is 24.3 Å². The topological polar surface area (TPSA) is 137 Å². The maximum atomic E-state index is 12.7. The molecule has 0 radical (unpaired) electrons. The summed E-state index contributed by atoms with van der Waals surface area (Å²) in [6.07, 6.45) is -1.52. The number of rotatable bonds is 12. The van der Waals surface area contributed by atoms with Gasteiger partial charge >= 0.3 is 24.1 Å². The van der Waals surface area contributed by atoms with Gasteiger partial charge in [0.05, 0.1) is 18.9 Å². The van der Waals surface area contributed by atoms with E-state index in [2.05, 4.69) is 10.1 Å². The number of nitrogens with one attached hydrogen (secondary N) is 1. The van der Waals surface area contributed by atoms with Crippen molar-refractivity contribution in [3.05, 3.63) is 23.8 Å². The van der Waals surface area contributed by atoms with Crippen LogP contribution in [-0.2, 0) is 30.3 Å². The number of benzene rings is 1. The number of esters is 2. The van der Waals surface area contributed by atoms with Crippen molar-refractivity contribution in [2.75, 3.05) is 7.11 Å². The molecule has 202 valence electrons. The van der Waals surface area contributed by atoms with Crippen LogP contribution >= 0.6 is 0 Å². The zero-order valence-electron chi connectivity index (χ0n) is 22.5. The highest BCUT2D eigenvalue weighted by molar-refractivity contribution is 5.81. The summed E-state index contributed by atoms with van der Waals surface area (Å²) in [7, 11) is 1.07. The Balaban J connectivity index is 3.50. The Kier molecular flexibility index (Phi) is 11.4. The normalized spacial score (nSPS) is 14.7. The quantitative estimate of drug-likeness (QED) is 0.240. The lowest BCUT2D eigenvalue weighted by Crippen LogP contribution is -2.59. The number of hydrogen-bond donors (Lipinski definition) is 2. The van der Waals surface area contributed by atoms with E-state index in [0.29, 0.717) is 5.56 Å². The Labute approximate surface area is 212 Å². The monoisotopic (exact) mass is 509 g/mol. The molecule has 0 bridgehead atoms. The van der Waals surface area contributed by atoms with Gasteiger partial charge in [-0.2, -0.15) is 0 Å². The van der Waals surface area contributed by atoms with Crippen LogP contribution < -0.4 is 14.8 Å². The van der Waals surface area contributed by atoms with Gasteiger partial charge in [-0.25, -0.2) is 9.59 Å². The van der Waals surface area contributed by atoms with Crippen LogP contribution in [0.1, 0.15) is 61.0 Å². The summed E-state index contributed by atoms with van der Waals surface area (Å²) in [5, 5.41) is 12.7. The van der Waals surface area contributed by atoms with E-state index < -0.39 is 41.6 Å². The highest BCUT2D eigenvalue weighted by Crippen LogP contribution is 2.33. The molecule has 0 aliphatic rings. The molecule has 0 spiro atoms. The van der Waals surface area contributed by atoms with Crippen LogP contribution in [0.2, 0.25) is 0 Å². The molecular weight excluding hydrogens is 470 g/mol. The summed E-state index contributed by atoms with van der Waals surface area (Å²) in [6, 6.07) is 3.94. The molecule has 1 rings (SSSR count). The van der Waals surface area contributed by atoms with E-state index >= 15 is 0 Å². The Bertz CT molecular complexity index is 941. The molecule has 0 aliphatic carbocycles. The van der Waals surface area contributed by atoms with Crippen molar-refractivity contribution in [2.24, 2.45) is 23.7 Å². The third kappa shape index (κ3) is 8.51. The lowest BCUT2D eigenvalue weighted by Gasteiger charge is -2.31. The van der Waals surface area contributed by atoms with Crippen molar-refractivity contribution in [3.8, 4) is 11.5 Å². The molecule has 0 fully saturated rings. The van der Waals surface area contributed by atoms with Crippen LogP contribution in [0.4, 0.5) is 4.79 Å². The number of ether oxygens (including phenoxy) is 4. The van der Waals surface area contributed by atoms with Crippen molar-refractivity contribution in [2.45, 2.75) is 73.6 Å². The predicted octanol–water partition coefficient (Wildman–Crippen LogP) is 4.19. The molecule has 1 aromatic rings. The highest BCUT2D eigenvalue weighted by atomic mass is 16.7. The van der Waals surface area contributed by atoms with E-state index in [0.717, 1.165) is 7.11 Å². The lowest BCUT2D eigenvalue weighted by atomic mass is 9.98. The number of carboxylic acid groups (broad SMARTS) is 1. The van der Waals surface area contributed by atoms with E-state index in [1.807, 2.05) is 27.7 Å². The van der Waals surface area contributed by atoms with Crippen molar-refractivity contribution in [1.82, 2.24) is 5.32 Å². The first-order chi connectivity index (χ1) is 16.6. The first-order valence-corrected chi connectivity index (χ1v) is 12.0. The van der Waals surface area contributed by atoms with Crippen molar-refractivity contribution in [1.29, 1.82) is 0 Å². The van der Waals surface area contributed by atoms with Gasteiger partial charge in [-0.3, -0.25) is 14.9 Å². The van der Waals surface area contributed by atoms with Gasteiger partial charge in [-0.05, 0) is 43.4 Å². The molecule has 10 heteroatoms. The number of aliphatic carboxylic acids is 1. The minimum absolute atomic E-state index is 0.00370. The smallest absolute Gasteiger partial charge is 0.477 e. The fourth-order valence-electron chi connectivity index (χ4n) is 3.01. The second-order valence-electron chi connectivity index (χ2n) is 9.85. The Morgan fingerprint density at radius 1 is 0.861 bits per heavy atom. The van der Waals surface area contributed by atoms with Crippen molar-refractivity contribution < 1.29 is 43.2 Å². The molecule has 0 amide bonds. The molecule has 3 atom stereocenters. The summed E-state index contributed by atoms with van der Waals surface area (Å²) < 4.78 is 20.8. The molecule has 0 saturated carbocycles. The van der Waals surface area contributed by atoms with Gasteiger partial charge in [0.2, 0.25) is 0 Å². The zero-order chi connectivity index (χ0) is 27.8. The summed E-state index contributed by atoms with van der Waals surface area (Å²) in [6.45, 7) is 14.3. The molecule has 1 aromatic carbocycles. The molecule has 0 aliphatic heterocycles. The van der Waals surface area contributed by atoms with E-state index in [4.69, 9.17) is 14.2 Å². The van der Waals surface area contributed by atoms with Gasteiger partial charge in [-0.15, -0.1) is 0 Å². The van der Waals surface area contributed by atoms with Crippen molar-refractivity contribution in [3.63, 3.8) is 0 Å². The van der Waals surface area contributed by atoms with Gasteiger partial charge < -0.3 is 24.1 Å². The van der Waals surface area contributed by atoms with Crippen LogP contribution in [0.25, 0.3) is 0 Å². The van der Waals surface area contributed by atoms with E-state index in [1.165, 1.54) is 18.2 Å². The molecule has 0 heterocycles. The van der Waals surface area contributed by atoms with Crippen LogP contribution in [0.15, 0.2) is 18.2 Å². The van der Waals surface area contributed by atoms with Gasteiger partial charge in [-0.1, -0.05) is 47.6 Å². The highest BCUT2D eigenvalue weighted by Gasteiger charge is 2.44. The van der Waals surface area contributed by atoms with E-state index in [1.54, 1.807) is 27.7 Å². The summed E-state index contributed by atoms with van der Waals surface area (Å²) >= 11 is 0. The SMILES string of the molecule is COC(=O)O[C@](Cc1ccc(OC(=O)C(C)C(C)C)c(OC(=O)C(C)C(C)C)c1)(NC(C)C)C(=O)O. The predicted molar refractivity (Wildman–Crippen MR) is 132 cm³/mol. The maximum absolute atomic E-state index is 12.7. The summed E-state index contributed by atoms with van der Waals surface area (Å²) in [5.41, 5.74) is -1.83. The second-order valence-corrected chi connectivity index (χ2v) is 9.85. The molecule has 36 heavy (non-hydrogen) atoms. The Morgan fingerprint density at radius 2 is 1.36 bits per heavy atom. The maximum Gasteiger partial charge on any atom is 0.510 e. The largest absolute Gasteiger partial charge is 0.510 e. The molecule has 0 saturated heterocycles. The number of methoxy groups -OCH3 is 1. The summed E-state index contributed by atoms with van der Waals surface area (Å²) in [4.78, 5) is 49.4. The average molecular weight is 510 g/mol. The number of carbonyl (C=O) groups is 4. The van der Waals surface area contributed by atoms with Crippen molar-refractivity contribution >= 4 is 24.1 Å². The molecule has 0 aromatic heterocycles. The summed E-state index contributed by atoms with van der Waals surface area (Å²) in [5.74, 6) is -3.35. The first kappa shape index (κ1) is 30.9. The lowest BCUT2D eigenvalue weighted by molar-refractivity contribution is -0.166. The van der Waals surface area contributed by atoms with Gasteiger partial charge in [0.15, 0.2) is 11.5 Å². The van der Waals surface area contributed by atoms with Gasteiger partial charge in [0.1, 0.15) is 0 Å². The standard InChI is InChI=1S/C26H39NO9/c1-14(2)17(7)22(28)34-20-11-10-19(12-21(20)35-23(29)18(8)15(3)4)13-26(24(30)31,27-16(5)6)36-25(32)33-9/h10-12,14-18,27H,13H2,1-9H3,(H,30,31)/t17?,18?,26-/m0/s1. The van der Waals surface area contributed by atoms with Crippen LogP contribution in [-0.4, -0.2) is 48.0 Å². The third-order valence-electron chi connectivity index (χ3n) is 5.92. The number of carboxylic acids is 1. The third-order valence-corrected chi connectivity index (χ3v) is 5.92. The first-order valence-electron chi connectivity index (χ1n) is 12.0.